The van der Waals surface area contributed by atoms with Gasteiger partial charge in [-0.25, -0.2) is 0 Å². The monoisotopic (exact) mass is 329 g/mol. The number of aromatic amines is 1. The third-order valence-electron chi connectivity index (χ3n) is 5.67. The number of hydrogen-bond donors (Lipinski definition) is 2. The van der Waals surface area contributed by atoms with Crippen LogP contribution in [0, 0.1) is 0 Å². The average Bonchev–Trinajstić information content (AvgIpc) is 3.26. The summed E-state index contributed by atoms with van der Waals surface area (Å²) in [7, 11) is 0. The molecule has 23 heavy (non-hydrogen) atoms. The molecule has 2 heterocycles. The number of hydrogen-bond acceptors (Lipinski definition) is 3. The molecule has 1 aliphatic carbocycles. The highest BCUT2D eigenvalue weighted by Gasteiger charge is 2.39. The van der Waals surface area contributed by atoms with Gasteiger partial charge in [0.05, 0.1) is 0 Å². The van der Waals surface area contributed by atoms with Gasteiger partial charge in [0.2, 0.25) is 0 Å². The van der Waals surface area contributed by atoms with E-state index in [4.69, 9.17) is 0 Å². The minimum atomic E-state index is 0.424. The second-order valence-electron chi connectivity index (χ2n) is 6.99. The molecular formula is C19H27N3S. The summed E-state index contributed by atoms with van der Waals surface area (Å²) >= 11 is 2.11. The van der Waals surface area contributed by atoms with Crippen molar-refractivity contribution in [1.29, 1.82) is 0 Å². The van der Waals surface area contributed by atoms with Crippen molar-refractivity contribution >= 4 is 22.7 Å². The molecule has 2 fully saturated rings. The predicted octanol–water partition coefficient (Wildman–Crippen LogP) is 3.62. The van der Waals surface area contributed by atoms with Crippen molar-refractivity contribution in [2.24, 2.45) is 0 Å². The van der Waals surface area contributed by atoms with E-state index in [-0.39, 0.29) is 0 Å². The van der Waals surface area contributed by atoms with Crippen LogP contribution in [0.4, 0.5) is 0 Å². The SMILES string of the molecule is c1cc(CNCC2(N3CCSCC3)CCCC2)c2cc[nH]c2c1. The van der Waals surface area contributed by atoms with Crippen molar-refractivity contribution < 1.29 is 0 Å². The van der Waals surface area contributed by atoms with Crippen LogP contribution in [0.3, 0.4) is 0 Å². The van der Waals surface area contributed by atoms with Crippen molar-refractivity contribution in [3.8, 4) is 0 Å². The third-order valence-corrected chi connectivity index (χ3v) is 6.61. The summed E-state index contributed by atoms with van der Waals surface area (Å²) in [4.78, 5) is 6.10. The minimum Gasteiger partial charge on any atom is -0.361 e. The molecule has 0 unspecified atom stereocenters. The number of aromatic nitrogens is 1. The lowest BCUT2D eigenvalue weighted by Gasteiger charge is -2.43. The predicted molar refractivity (Wildman–Crippen MR) is 100 cm³/mol. The van der Waals surface area contributed by atoms with Crippen LogP contribution in [0.1, 0.15) is 31.2 Å². The minimum absolute atomic E-state index is 0.424. The number of thioether (sulfide) groups is 1. The standard InChI is InChI=1S/C19H27N3S/c1-2-8-19(7-1,22-10-12-23-13-11-22)15-20-14-16-4-3-5-18-17(16)6-9-21-18/h3-6,9,20-21H,1-2,7-8,10-15H2. The first-order valence-electron chi connectivity index (χ1n) is 8.96. The molecule has 0 amide bonds. The van der Waals surface area contributed by atoms with Crippen LogP contribution in [0.2, 0.25) is 0 Å². The van der Waals surface area contributed by atoms with Crippen LogP contribution in [0.5, 0.6) is 0 Å². The van der Waals surface area contributed by atoms with E-state index in [0.29, 0.717) is 5.54 Å². The van der Waals surface area contributed by atoms with E-state index in [1.807, 2.05) is 6.20 Å². The molecule has 0 bridgehead atoms. The highest BCUT2D eigenvalue weighted by atomic mass is 32.2. The van der Waals surface area contributed by atoms with E-state index in [1.165, 1.54) is 66.7 Å². The number of benzene rings is 1. The fourth-order valence-electron chi connectivity index (χ4n) is 4.41. The molecule has 4 heteroatoms. The third kappa shape index (κ3) is 3.17. The highest BCUT2D eigenvalue weighted by molar-refractivity contribution is 7.99. The van der Waals surface area contributed by atoms with E-state index in [1.54, 1.807) is 0 Å². The molecule has 124 valence electrons. The second-order valence-corrected chi connectivity index (χ2v) is 8.22. The van der Waals surface area contributed by atoms with Gasteiger partial charge in [-0.2, -0.15) is 11.8 Å². The lowest BCUT2D eigenvalue weighted by Crippen LogP contribution is -2.55. The van der Waals surface area contributed by atoms with Gasteiger partial charge in [0.1, 0.15) is 0 Å². The molecule has 2 N–H and O–H groups in total. The smallest absolute Gasteiger partial charge is 0.0457 e. The number of rotatable bonds is 5. The topological polar surface area (TPSA) is 31.1 Å². The molecule has 1 aromatic carbocycles. The Morgan fingerprint density at radius 3 is 2.78 bits per heavy atom. The number of fused-ring (bicyclic) bond motifs is 1. The van der Waals surface area contributed by atoms with Crippen molar-refractivity contribution in [3.63, 3.8) is 0 Å². The summed E-state index contributed by atoms with van der Waals surface area (Å²) in [5, 5.41) is 5.16. The zero-order valence-corrected chi connectivity index (χ0v) is 14.6. The van der Waals surface area contributed by atoms with Crippen LogP contribution in [-0.2, 0) is 6.54 Å². The van der Waals surface area contributed by atoms with E-state index in [0.717, 1.165) is 13.1 Å². The molecule has 0 atom stereocenters. The summed E-state index contributed by atoms with van der Waals surface area (Å²) < 4.78 is 0. The molecule has 3 nitrogen and oxygen atoms in total. The normalized spacial score (nSPS) is 21.9. The van der Waals surface area contributed by atoms with Crippen LogP contribution in [0.15, 0.2) is 30.5 Å². The largest absolute Gasteiger partial charge is 0.361 e. The molecule has 1 aliphatic heterocycles. The zero-order chi connectivity index (χ0) is 15.5. The Morgan fingerprint density at radius 1 is 1.13 bits per heavy atom. The van der Waals surface area contributed by atoms with Crippen molar-refractivity contribution in [2.45, 2.75) is 37.8 Å². The Kier molecular flexibility index (Phi) is 4.65. The summed E-state index contributed by atoms with van der Waals surface area (Å²) in [5.41, 5.74) is 3.08. The Morgan fingerprint density at radius 2 is 1.96 bits per heavy atom. The van der Waals surface area contributed by atoms with Crippen LogP contribution in [0.25, 0.3) is 10.9 Å². The lowest BCUT2D eigenvalue weighted by atomic mass is 9.94. The molecule has 0 spiro atoms. The van der Waals surface area contributed by atoms with E-state index < -0.39 is 0 Å². The van der Waals surface area contributed by atoms with Gasteiger partial charge in [0.15, 0.2) is 0 Å². The molecular weight excluding hydrogens is 302 g/mol. The molecule has 2 aliphatic rings. The maximum Gasteiger partial charge on any atom is 0.0457 e. The van der Waals surface area contributed by atoms with Gasteiger partial charge in [-0.05, 0) is 30.5 Å². The molecule has 4 rings (SSSR count). The zero-order valence-electron chi connectivity index (χ0n) is 13.8. The van der Waals surface area contributed by atoms with Crippen LogP contribution >= 0.6 is 11.8 Å². The van der Waals surface area contributed by atoms with E-state index in [2.05, 4.69) is 51.2 Å². The number of nitrogens with zero attached hydrogens (tertiary/aromatic N) is 1. The van der Waals surface area contributed by atoms with Crippen molar-refractivity contribution in [3.05, 3.63) is 36.0 Å². The van der Waals surface area contributed by atoms with E-state index >= 15 is 0 Å². The fourth-order valence-corrected chi connectivity index (χ4v) is 5.31. The molecule has 2 aromatic rings. The van der Waals surface area contributed by atoms with Gasteiger partial charge in [0.25, 0.3) is 0 Å². The first-order valence-corrected chi connectivity index (χ1v) is 10.1. The summed E-state index contributed by atoms with van der Waals surface area (Å²) in [6.45, 7) is 4.66. The maximum absolute atomic E-state index is 3.80. The van der Waals surface area contributed by atoms with Gasteiger partial charge in [-0.3, -0.25) is 4.90 Å². The van der Waals surface area contributed by atoms with Crippen LogP contribution < -0.4 is 5.32 Å². The van der Waals surface area contributed by atoms with Crippen LogP contribution in [-0.4, -0.2) is 46.6 Å². The second kappa shape index (κ2) is 6.88. The maximum atomic E-state index is 3.80. The Balaban J connectivity index is 1.43. The number of nitrogens with one attached hydrogen (secondary N) is 2. The van der Waals surface area contributed by atoms with E-state index in [9.17, 15) is 0 Å². The summed E-state index contributed by atoms with van der Waals surface area (Å²) in [5.74, 6) is 2.62. The Labute approximate surface area is 143 Å². The Hall–Kier alpha value is -0.970. The number of H-pyrrole nitrogens is 1. The van der Waals surface area contributed by atoms with Gasteiger partial charge >= 0.3 is 0 Å². The molecule has 1 saturated carbocycles. The quantitative estimate of drug-likeness (QED) is 0.878. The van der Waals surface area contributed by atoms with Gasteiger partial charge in [-0.1, -0.05) is 25.0 Å². The molecule has 1 aromatic heterocycles. The van der Waals surface area contributed by atoms with Crippen molar-refractivity contribution in [1.82, 2.24) is 15.2 Å². The van der Waals surface area contributed by atoms with Crippen molar-refractivity contribution in [2.75, 3.05) is 31.1 Å². The first-order chi connectivity index (χ1) is 11.4. The molecule has 1 saturated heterocycles. The average molecular weight is 330 g/mol. The Bertz CT molecular complexity index is 639. The summed E-state index contributed by atoms with van der Waals surface area (Å²) in [6, 6.07) is 8.76. The van der Waals surface area contributed by atoms with Gasteiger partial charge in [0, 0.05) is 60.3 Å². The first kappa shape index (κ1) is 15.6. The fraction of sp³-hybridized carbons (Fsp3) is 0.579. The van der Waals surface area contributed by atoms with Gasteiger partial charge < -0.3 is 10.3 Å². The summed E-state index contributed by atoms with van der Waals surface area (Å²) in [6.07, 6.45) is 7.59. The van der Waals surface area contributed by atoms with Gasteiger partial charge in [-0.15, -0.1) is 0 Å². The molecule has 0 radical (unpaired) electrons. The lowest BCUT2D eigenvalue weighted by molar-refractivity contribution is 0.102. The highest BCUT2D eigenvalue weighted by Crippen LogP contribution is 2.36.